The molecule has 22 heavy (non-hydrogen) atoms. The summed E-state index contributed by atoms with van der Waals surface area (Å²) in [5.41, 5.74) is 3.87. The lowest BCUT2D eigenvalue weighted by Gasteiger charge is -2.13. The van der Waals surface area contributed by atoms with Crippen molar-refractivity contribution in [2.24, 2.45) is 22.0 Å². The van der Waals surface area contributed by atoms with Crippen LogP contribution in [0.1, 0.15) is 12.0 Å². The first-order chi connectivity index (χ1) is 10.8. The minimum atomic E-state index is -0.00834. The van der Waals surface area contributed by atoms with Gasteiger partial charge >= 0.3 is 0 Å². The molecule has 2 aliphatic carbocycles. The Kier molecular flexibility index (Phi) is 3.42. The van der Waals surface area contributed by atoms with E-state index in [2.05, 4.69) is 51.9 Å². The summed E-state index contributed by atoms with van der Waals surface area (Å²) >= 11 is 1.39. The Balaban J connectivity index is 1.63. The Morgan fingerprint density at radius 1 is 1.18 bits per heavy atom. The molecule has 2 bridgehead atoms. The van der Waals surface area contributed by atoms with Gasteiger partial charge in [0.05, 0.1) is 12.0 Å². The molecule has 0 saturated carbocycles. The van der Waals surface area contributed by atoms with Gasteiger partial charge in [0, 0.05) is 11.8 Å². The fourth-order valence-corrected chi connectivity index (χ4v) is 3.87. The zero-order valence-electron chi connectivity index (χ0n) is 11.9. The number of fused-ring (bicyclic) bond motifs is 2. The van der Waals surface area contributed by atoms with Crippen LogP contribution in [0.3, 0.4) is 0 Å². The van der Waals surface area contributed by atoms with Crippen LogP contribution < -0.4 is 5.32 Å². The third kappa shape index (κ3) is 2.41. The van der Waals surface area contributed by atoms with Gasteiger partial charge in [-0.25, -0.2) is 0 Å². The number of hydrogen-bond donors (Lipinski definition) is 1. The van der Waals surface area contributed by atoms with E-state index in [1.165, 1.54) is 28.5 Å². The third-order valence-electron chi connectivity index (χ3n) is 4.18. The van der Waals surface area contributed by atoms with Crippen LogP contribution in [-0.2, 0) is 4.79 Å². The van der Waals surface area contributed by atoms with Gasteiger partial charge in [0.25, 0.3) is 0 Å². The summed E-state index contributed by atoms with van der Waals surface area (Å²) in [7, 11) is 0. The van der Waals surface area contributed by atoms with Crippen molar-refractivity contribution in [2.45, 2.75) is 6.42 Å². The summed E-state index contributed by atoms with van der Waals surface area (Å²) in [5, 5.41) is 11.6. The molecule has 0 unspecified atom stereocenters. The molecule has 1 fully saturated rings. The Morgan fingerprint density at radius 3 is 2.77 bits per heavy atom. The number of thioether (sulfide) groups is 1. The standard InChI is InChI=1S/C17H15N3OS/c21-15-10-22-17(19-15)20-18-9-14-12-6-7-13(8-12)16(14)11-4-2-1-3-5-11/h1-7,9,12-13H,8,10H2,(H,19,20,21)/t12-,13-/m0/s1. The number of hydrogen-bond acceptors (Lipinski definition) is 4. The van der Waals surface area contributed by atoms with Crippen LogP contribution in [0.2, 0.25) is 0 Å². The van der Waals surface area contributed by atoms with E-state index in [0.29, 0.717) is 22.8 Å². The molecule has 4 nitrogen and oxygen atoms in total. The van der Waals surface area contributed by atoms with Crippen molar-refractivity contribution in [3.63, 3.8) is 0 Å². The number of amides is 1. The number of rotatable bonds is 3. The monoisotopic (exact) mass is 309 g/mol. The average Bonchev–Trinajstić information content (AvgIpc) is 3.24. The molecule has 1 heterocycles. The quantitative estimate of drug-likeness (QED) is 0.530. The molecule has 1 amide bonds. The topological polar surface area (TPSA) is 53.8 Å². The number of nitrogens with zero attached hydrogens (tertiary/aromatic N) is 2. The predicted octanol–water partition coefficient (Wildman–Crippen LogP) is 2.85. The molecule has 1 aromatic rings. The molecule has 0 spiro atoms. The van der Waals surface area contributed by atoms with E-state index in [1.807, 2.05) is 12.3 Å². The maximum atomic E-state index is 11.1. The van der Waals surface area contributed by atoms with E-state index >= 15 is 0 Å². The highest BCUT2D eigenvalue weighted by molar-refractivity contribution is 8.15. The first kappa shape index (κ1) is 13.5. The molecule has 1 aromatic carbocycles. The highest BCUT2D eigenvalue weighted by Crippen LogP contribution is 2.47. The summed E-state index contributed by atoms with van der Waals surface area (Å²) in [4.78, 5) is 11.1. The number of benzene rings is 1. The first-order valence-corrected chi connectivity index (χ1v) is 8.31. The van der Waals surface area contributed by atoms with Gasteiger partial charge in [-0.15, -0.1) is 5.10 Å². The van der Waals surface area contributed by atoms with Crippen LogP contribution in [0.5, 0.6) is 0 Å². The Hall–Kier alpha value is -2.14. The van der Waals surface area contributed by atoms with Crippen molar-refractivity contribution in [1.29, 1.82) is 0 Å². The summed E-state index contributed by atoms with van der Waals surface area (Å²) < 4.78 is 0. The van der Waals surface area contributed by atoms with Crippen LogP contribution >= 0.6 is 11.8 Å². The fraction of sp³-hybridized carbons (Fsp3) is 0.235. The zero-order valence-corrected chi connectivity index (χ0v) is 12.7. The zero-order chi connectivity index (χ0) is 14.9. The number of carbonyl (C=O) groups is 1. The second-order valence-corrected chi connectivity index (χ2v) is 6.52. The molecule has 1 aliphatic heterocycles. The predicted molar refractivity (Wildman–Crippen MR) is 90.6 cm³/mol. The van der Waals surface area contributed by atoms with Gasteiger partial charge in [0.1, 0.15) is 0 Å². The lowest BCUT2D eigenvalue weighted by Crippen LogP contribution is -2.19. The Labute approximate surface area is 133 Å². The molecule has 0 radical (unpaired) electrons. The van der Waals surface area contributed by atoms with Crippen molar-refractivity contribution in [1.82, 2.24) is 5.32 Å². The molecule has 1 saturated heterocycles. The van der Waals surface area contributed by atoms with Crippen LogP contribution in [0, 0.1) is 11.8 Å². The summed E-state index contributed by atoms with van der Waals surface area (Å²) in [6.45, 7) is 0. The number of allylic oxidation sites excluding steroid dienone is 4. The fourth-order valence-electron chi connectivity index (χ4n) is 3.24. The van der Waals surface area contributed by atoms with Crippen molar-refractivity contribution in [3.8, 4) is 0 Å². The molecule has 0 aromatic heterocycles. The van der Waals surface area contributed by atoms with Crippen molar-refractivity contribution in [3.05, 3.63) is 53.6 Å². The van der Waals surface area contributed by atoms with E-state index in [9.17, 15) is 4.79 Å². The summed E-state index contributed by atoms with van der Waals surface area (Å²) in [6, 6.07) is 10.5. The smallest absolute Gasteiger partial charge is 0.236 e. The molecule has 3 aliphatic rings. The minimum absolute atomic E-state index is 0.00834. The summed E-state index contributed by atoms with van der Waals surface area (Å²) in [6.07, 6.45) is 7.54. The van der Waals surface area contributed by atoms with Crippen LogP contribution in [0.4, 0.5) is 0 Å². The van der Waals surface area contributed by atoms with E-state index in [4.69, 9.17) is 0 Å². The van der Waals surface area contributed by atoms with E-state index in [0.717, 1.165) is 6.42 Å². The number of carbonyl (C=O) groups excluding carboxylic acids is 1. The molecular formula is C17H15N3OS. The largest absolute Gasteiger partial charge is 0.303 e. The molecule has 2 atom stereocenters. The second kappa shape index (κ2) is 5.57. The van der Waals surface area contributed by atoms with E-state index in [1.54, 1.807) is 0 Å². The lowest BCUT2D eigenvalue weighted by atomic mass is 9.92. The Morgan fingerprint density at radius 2 is 2.00 bits per heavy atom. The van der Waals surface area contributed by atoms with Crippen LogP contribution in [-0.4, -0.2) is 23.0 Å². The molecule has 110 valence electrons. The normalized spacial score (nSPS) is 28.4. The summed E-state index contributed by atoms with van der Waals surface area (Å²) in [5.74, 6) is 1.35. The van der Waals surface area contributed by atoms with Crippen LogP contribution in [0.25, 0.3) is 5.57 Å². The maximum absolute atomic E-state index is 11.1. The van der Waals surface area contributed by atoms with Gasteiger partial charge in [-0.3, -0.25) is 4.79 Å². The number of amidine groups is 1. The molecular weight excluding hydrogens is 294 g/mol. The minimum Gasteiger partial charge on any atom is -0.303 e. The highest BCUT2D eigenvalue weighted by atomic mass is 32.2. The van der Waals surface area contributed by atoms with Gasteiger partial charge in [0.15, 0.2) is 5.17 Å². The molecule has 4 rings (SSSR count). The van der Waals surface area contributed by atoms with Gasteiger partial charge in [-0.05, 0) is 23.1 Å². The van der Waals surface area contributed by atoms with Gasteiger partial charge in [-0.1, -0.05) is 54.2 Å². The number of nitrogens with one attached hydrogen (secondary N) is 1. The first-order valence-electron chi connectivity index (χ1n) is 7.33. The van der Waals surface area contributed by atoms with Gasteiger partial charge < -0.3 is 5.32 Å². The second-order valence-electron chi connectivity index (χ2n) is 5.56. The average molecular weight is 309 g/mol. The van der Waals surface area contributed by atoms with Crippen LogP contribution in [0.15, 0.2) is 58.3 Å². The van der Waals surface area contributed by atoms with Crippen molar-refractivity contribution >= 4 is 34.6 Å². The lowest BCUT2D eigenvalue weighted by molar-refractivity contribution is -0.116. The Bertz CT molecular complexity index is 734. The molecule has 5 heteroatoms. The van der Waals surface area contributed by atoms with E-state index in [-0.39, 0.29) is 5.91 Å². The van der Waals surface area contributed by atoms with Gasteiger partial charge in [0.2, 0.25) is 5.91 Å². The van der Waals surface area contributed by atoms with Crippen molar-refractivity contribution in [2.75, 3.05) is 5.75 Å². The molecule has 1 N–H and O–H groups in total. The highest BCUT2D eigenvalue weighted by Gasteiger charge is 2.34. The van der Waals surface area contributed by atoms with Gasteiger partial charge in [-0.2, -0.15) is 5.10 Å². The van der Waals surface area contributed by atoms with E-state index < -0.39 is 0 Å². The SMILES string of the molecule is O=C1CSC(=NN=CC2=C(c3ccccc3)[C@H]3C=C[C@H]2C3)N1. The maximum Gasteiger partial charge on any atom is 0.236 e. The third-order valence-corrected chi connectivity index (χ3v) is 5.05. The van der Waals surface area contributed by atoms with Crippen molar-refractivity contribution < 1.29 is 4.79 Å².